The van der Waals surface area contributed by atoms with Gasteiger partial charge in [-0.1, -0.05) is 12.1 Å². The molecular formula is C22H21N3O3. The molecule has 0 bridgehead atoms. The van der Waals surface area contributed by atoms with Crippen molar-refractivity contribution in [2.45, 2.75) is 13.8 Å². The Kier molecular flexibility index (Phi) is 5.69. The molecule has 0 atom stereocenters. The molecule has 1 aromatic heterocycles. The number of carbonyl (C=O) groups is 2. The molecule has 142 valence electrons. The Morgan fingerprint density at radius 3 is 2.36 bits per heavy atom. The van der Waals surface area contributed by atoms with E-state index in [0.717, 1.165) is 16.8 Å². The van der Waals surface area contributed by atoms with Gasteiger partial charge in [0.05, 0.1) is 12.7 Å². The van der Waals surface area contributed by atoms with Gasteiger partial charge in [0, 0.05) is 23.1 Å². The number of benzene rings is 2. The lowest BCUT2D eigenvalue weighted by molar-refractivity contribution is 0.0600. The third-order valence-corrected chi connectivity index (χ3v) is 4.06. The van der Waals surface area contributed by atoms with Crippen LogP contribution in [-0.2, 0) is 4.74 Å². The molecule has 0 saturated carbocycles. The van der Waals surface area contributed by atoms with Crippen LogP contribution in [0.5, 0.6) is 0 Å². The highest BCUT2D eigenvalue weighted by Crippen LogP contribution is 2.19. The standard InChI is InChI=1S/C22H21N3O3/c1-14-9-15(2)11-19(10-14)25-21(26)16-7-8-23-20(13-16)24-18-6-4-5-17(12-18)22(27)28-3/h4-13H,1-3H3,(H,23,24)(H,25,26). The zero-order valence-corrected chi connectivity index (χ0v) is 15.9. The second kappa shape index (κ2) is 8.35. The number of nitrogens with one attached hydrogen (secondary N) is 2. The van der Waals surface area contributed by atoms with Crippen LogP contribution in [0.15, 0.2) is 60.8 Å². The molecule has 0 unspecified atom stereocenters. The van der Waals surface area contributed by atoms with Crippen LogP contribution >= 0.6 is 0 Å². The van der Waals surface area contributed by atoms with Crippen molar-refractivity contribution in [2.75, 3.05) is 17.7 Å². The highest BCUT2D eigenvalue weighted by atomic mass is 16.5. The number of hydrogen-bond acceptors (Lipinski definition) is 5. The van der Waals surface area contributed by atoms with E-state index in [1.54, 1.807) is 42.6 Å². The molecule has 0 fully saturated rings. The van der Waals surface area contributed by atoms with Crippen LogP contribution in [0.4, 0.5) is 17.2 Å². The fourth-order valence-corrected chi connectivity index (χ4v) is 2.88. The first-order chi connectivity index (χ1) is 13.4. The third kappa shape index (κ3) is 4.73. The van der Waals surface area contributed by atoms with Crippen molar-refractivity contribution in [1.29, 1.82) is 0 Å². The van der Waals surface area contributed by atoms with Crippen LogP contribution in [0.2, 0.25) is 0 Å². The number of aryl methyl sites for hydroxylation is 2. The first-order valence-electron chi connectivity index (χ1n) is 8.76. The van der Waals surface area contributed by atoms with Gasteiger partial charge < -0.3 is 15.4 Å². The van der Waals surface area contributed by atoms with Gasteiger partial charge >= 0.3 is 5.97 Å². The number of carbonyl (C=O) groups excluding carboxylic acids is 2. The van der Waals surface area contributed by atoms with Gasteiger partial charge in [-0.3, -0.25) is 4.79 Å². The number of aromatic nitrogens is 1. The van der Waals surface area contributed by atoms with E-state index in [9.17, 15) is 9.59 Å². The molecule has 2 N–H and O–H groups in total. The highest BCUT2D eigenvalue weighted by Gasteiger charge is 2.10. The summed E-state index contributed by atoms with van der Waals surface area (Å²) < 4.78 is 4.73. The van der Waals surface area contributed by atoms with Gasteiger partial charge in [0.2, 0.25) is 0 Å². The molecule has 1 amide bonds. The molecule has 2 aromatic carbocycles. The van der Waals surface area contributed by atoms with Crippen LogP contribution in [-0.4, -0.2) is 24.0 Å². The number of hydrogen-bond donors (Lipinski definition) is 2. The van der Waals surface area contributed by atoms with E-state index in [4.69, 9.17) is 4.74 Å². The van der Waals surface area contributed by atoms with E-state index in [1.165, 1.54) is 7.11 Å². The van der Waals surface area contributed by atoms with E-state index in [0.29, 0.717) is 22.6 Å². The van der Waals surface area contributed by atoms with Crippen molar-refractivity contribution in [3.63, 3.8) is 0 Å². The minimum Gasteiger partial charge on any atom is -0.465 e. The van der Waals surface area contributed by atoms with Gasteiger partial charge in [-0.05, 0) is 67.4 Å². The Morgan fingerprint density at radius 1 is 0.893 bits per heavy atom. The average Bonchev–Trinajstić information content (AvgIpc) is 2.67. The Labute approximate surface area is 163 Å². The monoisotopic (exact) mass is 375 g/mol. The van der Waals surface area contributed by atoms with Crippen LogP contribution in [0, 0.1) is 13.8 Å². The number of amides is 1. The Hall–Kier alpha value is -3.67. The van der Waals surface area contributed by atoms with Crippen LogP contribution in [0.1, 0.15) is 31.8 Å². The van der Waals surface area contributed by atoms with E-state index in [2.05, 4.69) is 15.6 Å². The summed E-state index contributed by atoms with van der Waals surface area (Å²) in [5, 5.41) is 6.01. The SMILES string of the molecule is COC(=O)c1cccc(Nc2cc(C(=O)Nc3cc(C)cc(C)c3)ccn2)c1. The summed E-state index contributed by atoms with van der Waals surface area (Å²) in [4.78, 5) is 28.5. The fraction of sp³-hybridized carbons (Fsp3) is 0.136. The van der Waals surface area contributed by atoms with Crippen molar-refractivity contribution < 1.29 is 14.3 Å². The van der Waals surface area contributed by atoms with E-state index < -0.39 is 5.97 Å². The van der Waals surface area contributed by atoms with Crippen molar-refractivity contribution in [3.05, 3.63) is 83.0 Å². The Bertz CT molecular complexity index is 1010. The first kappa shape index (κ1) is 19.1. The van der Waals surface area contributed by atoms with Gasteiger partial charge in [-0.25, -0.2) is 9.78 Å². The molecule has 6 nitrogen and oxygen atoms in total. The summed E-state index contributed by atoms with van der Waals surface area (Å²) in [6, 6.07) is 16.1. The summed E-state index contributed by atoms with van der Waals surface area (Å²) in [7, 11) is 1.34. The molecule has 0 aliphatic rings. The summed E-state index contributed by atoms with van der Waals surface area (Å²) in [5.74, 6) is -0.146. The fourth-order valence-electron chi connectivity index (χ4n) is 2.88. The molecular weight excluding hydrogens is 354 g/mol. The highest BCUT2D eigenvalue weighted by molar-refractivity contribution is 6.04. The molecule has 0 spiro atoms. The van der Waals surface area contributed by atoms with E-state index in [1.807, 2.05) is 32.0 Å². The minimum absolute atomic E-state index is 0.223. The number of methoxy groups -OCH3 is 1. The molecule has 0 aliphatic carbocycles. The molecule has 28 heavy (non-hydrogen) atoms. The zero-order chi connectivity index (χ0) is 20.1. The second-order valence-electron chi connectivity index (χ2n) is 6.46. The molecule has 0 aliphatic heterocycles. The van der Waals surface area contributed by atoms with Gasteiger partial charge in [0.25, 0.3) is 5.91 Å². The maximum absolute atomic E-state index is 12.6. The molecule has 0 radical (unpaired) electrons. The summed E-state index contributed by atoms with van der Waals surface area (Å²) in [6.07, 6.45) is 1.56. The van der Waals surface area contributed by atoms with Crippen molar-refractivity contribution in [1.82, 2.24) is 4.98 Å². The summed E-state index contributed by atoms with van der Waals surface area (Å²) in [5.41, 5.74) is 4.48. The number of anilines is 3. The maximum Gasteiger partial charge on any atom is 0.337 e. The Balaban J connectivity index is 1.76. The van der Waals surface area contributed by atoms with Gasteiger partial charge in [-0.2, -0.15) is 0 Å². The predicted octanol–water partition coefficient (Wildman–Crippen LogP) is 4.48. The largest absolute Gasteiger partial charge is 0.465 e. The lowest BCUT2D eigenvalue weighted by Gasteiger charge is -2.10. The molecule has 3 rings (SSSR count). The number of rotatable bonds is 5. The first-order valence-corrected chi connectivity index (χ1v) is 8.76. The van der Waals surface area contributed by atoms with Crippen molar-refractivity contribution in [2.24, 2.45) is 0 Å². The molecule has 3 aromatic rings. The lowest BCUT2D eigenvalue weighted by Crippen LogP contribution is -2.12. The number of esters is 1. The topological polar surface area (TPSA) is 80.3 Å². The predicted molar refractivity (Wildman–Crippen MR) is 109 cm³/mol. The smallest absolute Gasteiger partial charge is 0.337 e. The van der Waals surface area contributed by atoms with Gasteiger partial charge in [-0.15, -0.1) is 0 Å². The quantitative estimate of drug-likeness (QED) is 0.643. The molecule has 0 saturated heterocycles. The lowest BCUT2D eigenvalue weighted by atomic mass is 10.1. The van der Waals surface area contributed by atoms with E-state index >= 15 is 0 Å². The zero-order valence-electron chi connectivity index (χ0n) is 15.9. The number of pyridine rings is 1. The van der Waals surface area contributed by atoms with Gasteiger partial charge in [0.1, 0.15) is 5.82 Å². The van der Waals surface area contributed by atoms with E-state index in [-0.39, 0.29) is 5.91 Å². The van der Waals surface area contributed by atoms with Crippen molar-refractivity contribution in [3.8, 4) is 0 Å². The molecule has 6 heteroatoms. The summed E-state index contributed by atoms with van der Waals surface area (Å²) >= 11 is 0. The maximum atomic E-state index is 12.6. The number of nitrogens with zero attached hydrogens (tertiary/aromatic N) is 1. The van der Waals surface area contributed by atoms with Crippen LogP contribution in [0.25, 0.3) is 0 Å². The minimum atomic E-state index is -0.418. The van der Waals surface area contributed by atoms with Gasteiger partial charge in [0.15, 0.2) is 0 Å². The van der Waals surface area contributed by atoms with Crippen LogP contribution in [0.3, 0.4) is 0 Å². The van der Waals surface area contributed by atoms with Crippen LogP contribution < -0.4 is 10.6 Å². The van der Waals surface area contributed by atoms with Crippen molar-refractivity contribution >= 4 is 29.1 Å². The second-order valence-corrected chi connectivity index (χ2v) is 6.46. The average molecular weight is 375 g/mol. The number of ether oxygens (including phenoxy) is 1. The Morgan fingerprint density at radius 2 is 1.64 bits per heavy atom. The summed E-state index contributed by atoms with van der Waals surface area (Å²) in [6.45, 7) is 3.97. The molecule has 1 heterocycles. The normalized spacial score (nSPS) is 10.2. The third-order valence-electron chi connectivity index (χ3n) is 4.06.